The van der Waals surface area contributed by atoms with Crippen molar-refractivity contribution in [3.05, 3.63) is 84.0 Å². The summed E-state index contributed by atoms with van der Waals surface area (Å²) in [6, 6.07) is 8.97. The number of aryl methyl sites for hydroxylation is 1. The Kier molecular flexibility index (Phi) is 4.14. The Morgan fingerprint density at radius 2 is 2.04 bits per heavy atom. The van der Waals surface area contributed by atoms with Crippen LogP contribution >= 0.6 is 0 Å². The number of hydrogen-bond acceptors (Lipinski definition) is 3. The van der Waals surface area contributed by atoms with Crippen molar-refractivity contribution in [1.82, 2.24) is 19.9 Å². The summed E-state index contributed by atoms with van der Waals surface area (Å²) in [4.78, 5) is 20.6. The van der Waals surface area contributed by atoms with Crippen molar-refractivity contribution in [2.24, 2.45) is 7.05 Å². The van der Waals surface area contributed by atoms with Crippen LogP contribution in [0.3, 0.4) is 0 Å². The summed E-state index contributed by atoms with van der Waals surface area (Å²) in [5, 5.41) is 2.83. The van der Waals surface area contributed by atoms with E-state index in [9.17, 15) is 9.18 Å². The van der Waals surface area contributed by atoms with Gasteiger partial charge in [0.05, 0.1) is 5.56 Å². The standard InChI is InChI=1S/C17H15FN4O/c1-22-10-9-20-16(22)15(13-6-2-3-7-14(13)18)21-17(23)12-5-4-8-19-11-12/h2-11,15H,1H3,(H,21,23)/t15-/m1/s1. The summed E-state index contributed by atoms with van der Waals surface area (Å²) in [6.45, 7) is 0. The van der Waals surface area contributed by atoms with Crippen LogP contribution in [0.4, 0.5) is 4.39 Å². The quantitative estimate of drug-likeness (QED) is 0.805. The third-order valence-electron chi connectivity index (χ3n) is 3.53. The smallest absolute Gasteiger partial charge is 0.253 e. The number of rotatable bonds is 4. The van der Waals surface area contributed by atoms with Gasteiger partial charge in [-0.1, -0.05) is 18.2 Å². The first-order valence-corrected chi connectivity index (χ1v) is 7.09. The maximum Gasteiger partial charge on any atom is 0.253 e. The summed E-state index contributed by atoms with van der Waals surface area (Å²) < 4.78 is 16.0. The molecule has 1 atom stereocenters. The molecule has 0 aliphatic heterocycles. The van der Waals surface area contributed by atoms with Crippen LogP contribution in [0.2, 0.25) is 0 Å². The minimum absolute atomic E-state index is 0.339. The van der Waals surface area contributed by atoms with Crippen molar-refractivity contribution in [2.45, 2.75) is 6.04 Å². The second-order valence-corrected chi connectivity index (χ2v) is 5.07. The maximum atomic E-state index is 14.2. The number of amides is 1. The summed E-state index contributed by atoms with van der Waals surface area (Å²) >= 11 is 0. The minimum Gasteiger partial charge on any atom is -0.338 e. The second-order valence-electron chi connectivity index (χ2n) is 5.07. The molecule has 1 N–H and O–H groups in total. The molecule has 0 unspecified atom stereocenters. The number of carbonyl (C=O) groups is 1. The van der Waals surface area contributed by atoms with E-state index in [0.29, 0.717) is 17.0 Å². The van der Waals surface area contributed by atoms with Gasteiger partial charge in [0.25, 0.3) is 5.91 Å². The van der Waals surface area contributed by atoms with Crippen molar-refractivity contribution in [2.75, 3.05) is 0 Å². The lowest BCUT2D eigenvalue weighted by Gasteiger charge is -2.19. The Labute approximate surface area is 132 Å². The Morgan fingerprint density at radius 1 is 1.22 bits per heavy atom. The molecule has 0 spiro atoms. The first-order chi connectivity index (χ1) is 11.2. The van der Waals surface area contributed by atoms with E-state index in [0.717, 1.165) is 0 Å². The van der Waals surface area contributed by atoms with Crippen LogP contribution in [-0.2, 0) is 7.05 Å². The molecule has 2 heterocycles. The predicted molar refractivity (Wildman–Crippen MR) is 83.2 cm³/mol. The zero-order valence-electron chi connectivity index (χ0n) is 12.5. The second kappa shape index (κ2) is 6.39. The van der Waals surface area contributed by atoms with Crippen molar-refractivity contribution in [1.29, 1.82) is 0 Å². The van der Waals surface area contributed by atoms with Gasteiger partial charge in [-0.25, -0.2) is 9.37 Å². The SMILES string of the molecule is Cn1ccnc1[C@H](NC(=O)c1cccnc1)c1ccccc1F. The largest absolute Gasteiger partial charge is 0.338 e. The van der Waals surface area contributed by atoms with Crippen LogP contribution in [-0.4, -0.2) is 20.4 Å². The average Bonchev–Trinajstić information content (AvgIpc) is 3.00. The molecule has 0 bridgehead atoms. The first kappa shape index (κ1) is 14.9. The van der Waals surface area contributed by atoms with Gasteiger partial charge in [0, 0.05) is 37.4 Å². The molecule has 0 saturated carbocycles. The van der Waals surface area contributed by atoms with Gasteiger partial charge in [0.15, 0.2) is 0 Å². The van der Waals surface area contributed by atoms with E-state index in [1.165, 1.54) is 12.3 Å². The fourth-order valence-electron chi connectivity index (χ4n) is 2.36. The number of nitrogens with one attached hydrogen (secondary N) is 1. The summed E-state index contributed by atoms with van der Waals surface area (Å²) in [6.07, 6.45) is 6.41. The number of benzene rings is 1. The van der Waals surface area contributed by atoms with Gasteiger partial charge < -0.3 is 9.88 Å². The Balaban J connectivity index is 1.98. The van der Waals surface area contributed by atoms with E-state index >= 15 is 0 Å². The number of aromatic nitrogens is 3. The van der Waals surface area contributed by atoms with Crippen molar-refractivity contribution >= 4 is 5.91 Å². The van der Waals surface area contributed by atoms with Crippen molar-refractivity contribution < 1.29 is 9.18 Å². The van der Waals surface area contributed by atoms with E-state index in [2.05, 4.69) is 15.3 Å². The minimum atomic E-state index is -0.691. The number of imidazole rings is 1. The Morgan fingerprint density at radius 3 is 2.70 bits per heavy atom. The van der Waals surface area contributed by atoms with Gasteiger partial charge >= 0.3 is 0 Å². The topological polar surface area (TPSA) is 59.8 Å². The molecule has 3 rings (SSSR count). The number of pyridine rings is 1. The third-order valence-corrected chi connectivity index (χ3v) is 3.53. The van der Waals surface area contributed by atoms with Crippen molar-refractivity contribution in [3.63, 3.8) is 0 Å². The molecule has 1 aromatic carbocycles. The van der Waals surface area contributed by atoms with Crippen LogP contribution in [0.25, 0.3) is 0 Å². The molecule has 5 nitrogen and oxygen atoms in total. The lowest BCUT2D eigenvalue weighted by Crippen LogP contribution is -2.31. The third kappa shape index (κ3) is 3.11. The van der Waals surface area contributed by atoms with Gasteiger partial charge in [0.2, 0.25) is 0 Å². The highest BCUT2D eigenvalue weighted by Gasteiger charge is 2.23. The van der Waals surface area contributed by atoms with Gasteiger partial charge in [-0.05, 0) is 18.2 Å². The van der Waals surface area contributed by atoms with Crippen molar-refractivity contribution in [3.8, 4) is 0 Å². The van der Waals surface area contributed by atoms with E-state index in [1.807, 2.05) is 0 Å². The van der Waals surface area contributed by atoms with Gasteiger partial charge in [0.1, 0.15) is 17.7 Å². The molecule has 3 aromatic rings. The van der Waals surface area contributed by atoms with Crippen LogP contribution < -0.4 is 5.32 Å². The highest BCUT2D eigenvalue weighted by Crippen LogP contribution is 2.23. The van der Waals surface area contributed by atoms with Gasteiger partial charge in [-0.15, -0.1) is 0 Å². The fraction of sp³-hybridized carbons (Fsp3) is 0.118. The van der Waals surface area contributed by atoms with Crippen LogP contribution in [0.5, 0.6) is 0 Å². The Bertz CT molecular complexity index is 816. The van der Waals surface area contributed by atoms with Crippen LogP contribution in [0, 0.1) is 5.82 Å². The van der Waals surface area contributed by atoms with Gasteiger partial charge in [-0.3, -0.25) is 9.78 Å². The van der Waals surface area contributed by atoms with Crippen LogP contribution in [0.1, 0.15) is 27.8 Å². The molecule has 6 heteroatoms. The molecule has 0 saturated heterocycles. The number of carbonyl (C=O) groups excluding carboxylic acids is 1. The molecule has 2 aromatic heterocycles. The molecule has 0 aliphatic rings. The lowest BCUT2D eigenvalue weighted by molar-refractivity contribution is 0.0940. The molecule has 116 valence electrons. The maximum absolute atomic E-state index is 14.2. The molecule has 0 fully saturated rings. The lowest BCUT2D eigenvalue weighted by atomic mass is 10.0. The summed E-state index contributed by atoms with van der Waals surface area (Å²) in [5.41, 5.74) is 0.766. The molecule has 0 radical (unpaired) electrons. The zero-order valence-corrected chi connectivity index (χ0v) is 12.5. The molecular formula is C17H15FN4O. The fourth-order valence-corrected chi connectivity index (χ4v) is 2.36. The predicted octanol–water partition coefficient (Wildman–Crippen LogP) is 2.47. The average molecular weight is 310 g/mol. The van der Waals surface area contributed by atoms with E-state index in [1.54, 1.807) is 60.5 Å². The van der Waals surface area contributed by atoms with E-state index in [-0.39, 0.29) is 5.91 Å². The van der Waals surface area contributed by atoms with E-state index in [4.69, 9.17) is 0 Å². The summed E-state index contributed by atoms with van der Waals surface area (Å²) in [5.74, 6) is -0.186. The first-order valence-electron chi connectivity index (χ1n) is 7.09. The monoisotopic (exact) mass is 310 g/mol. The zero-order chi connectivity index (χ0) is 16.2. The highest BCUT2D eigenvalue weighted by atomic mass is 19.1. The highest BCUT2D eigenvalue weighted by molar-refractivity contribution is 5.94. The van der Waals surface area contributed by atoms with Gasteiger partial charge in [-0.2, -0.15) is 0 Å². The molecule has 23 heavy (non-hydrogen) atoms. The number of halogens is 1. The summed E-state index contributed by atoms with van der Waals surface area (Å²) in [7, 11) is 1.80. The number of hydrogen-bond donors (Lipinski definition) is 1. The molecule has 0 aliphatic carbocycles. The molecule has 1 amide bonds. The number of nitrogens with zero attached hydrogens (tertiary/aromatic N) is 3. The van der Waals surface area contributed by atoms with Crippen LogP contribution in [0.15, 0.2) is 61.2 Å². The normalized spacial score (nSPS) is 11.9. The van der Waals surface area contributed by atoms with E-state index < -0.39 is 11.9 Å². The molecular weight excluding hydrogens is 295 g/mol. The Hall–Kier alpha value is -3.02.